The number of H-pyrrole nitrogens is 1. The highest BCUT2D eigenvalue weighted by atomic mass is 35.5. The molecule has 0 aliphatic carbocycles. The topological polar surface area (TPSA) is 82.6 Å². The summed E-state index contributed by atoms with van der Waals surface area (Å²) in [6.07, 6.45) is 8.53. The van der Waals surface area contributed by atoms with Gasteiger partial charge >= 0.3 is 0 Å². The summed E-state index contributed by atoms with van der Waals surface area (Å²) in [7, 11) is 0. The van der Waals surface area contributed by atoms with Gasteiger partial charge in [-0.25, -0.2) is 19.9 Å². The van der Waals surface area contributed by atoms with Crippen molar-refractivity contribution in [3.63, 3.8) is 0 Å². The van der Waals surface area contributed by atoms with Crippen LogP contribution in [0.3, 0.4) is 0 Å². The lowest BCUT2D eigenvalue weighted by Gasteiger charge is -2.22. The third kappa shape index (κ3) is 4.31. The Morgan fingerprint density at radius 2 is 1.90 bits per heavy atom. The maximum Gasteiger partial charge on any atom is 0.241 e. The van der Waals surface area contributed by atoms with Crippen LogP contribution in [0.5, 0.6) is 0 Å². The average Bonchev–Trinajstić information content (AvgIpc) is 3.27. The van der Waals surface area contributed by atoms with E-state index in [0.29, 0.717) is 34.2 Å². The van der Waals surface area contributed by atoms with Gasteiger partial charge in [-0.05, 0) is 30.7 Å². The van der Waals surface area contributed by atoms with Crippen LogP contribution in [0.15, 0.2) is 55.2 Å². The van der Waals surface area contributed by atoms with Gasteiger partial charge in [-0.1, -0.05) is 29.3 Å². The SMILES string of the molecule is CCN(Nc1ncc(-c2ncc[nH]2)cn1)c1[c]c(-c2ccc(Cl)cc2Cl)ccn1. The van der Waals surface area contributed by atoms with E-state index in [1.807, 2.05) is 19.1 Å². The quantitative estimate of drug-likeness (QED) is 0.428. The number of aromatic nitrogens is 5. The van der Waals surface area contributed by atoms with E-state index in [1.165, 1.54) is 0 Å². The van der Waals surface area contributed by atoms with Gasteiger partial charge in [0.05, 0.1) is 5.56 Å². The Balaban J connectivity index is 1.56. The van der Waals surface area contributed by atoms with Gasteiger partial charge in [-0.15, -0.1) is 0 Å². The molecule has 0 saturated heterocycles. The van der Waals surface area contributed by atoms with Crippen LogP contribution in [0, 0.1) is 6.07 Å². The lowest BCUT2D eigenvalue weighted by atomic mass is 10.1. The molecule has 4 aromatic rings. The van der Waals surface area contributed by atoms with E-state index in [-0.39, 0.29) is 0 Å². The highest BCUT2D eigenvalue weighted by molar-refractivity contribution is 6.36. The first-order valence-corrected chi connectivity index (χ1v) is 9.59. The zero-order chi connectivity index (χ0) is 20.2. The molecule has 0 atom stereocenters. The third-order valence-electron chi connectivity index (χ3n) is 4.14. The van der Waals surface area contributed by atoms with Crippen molar-refractivity contribution in [2.75, 3.05) is 17.0 Å². The van der Waals surface area contributed by atoms with Crippen LogP contribution in [0.1, 0.15) is 6.92 Å². The van der Waals surface area contributed by atoms with Gasteiger partial charge in [0.25, 0.3) is 0 Å². The summed E-state index contributed by atoms with van der Waals surface area (Å²) in [5, 5.41) is 2.94. The van der Waals surface area contributed by atoms with Crippen molar-refractivity contribution in [1.82, 2.24) is 24.9 Å². The molecular formula is C20H16Cl2N7. The summed E-state index contributed by atoms with van der Waals surface area (Å²) >= 11 is 12.3. The fraction of sp³-hybridized carbons (Fsp3) is 0.100. The van der Waals surface area contributed by atoms with Crippen LogP contribution in [0.2, 0.25) is 10.0 Å². The Morgan fingerprint density at radius 3 is 2.59 bits per heavy atom. The van der Waals surface area contributed by atoms with Gasteiger partial charge in [0.1, 0.15) is 5.82 Å². The van der Waals surface area contributed by atoms with Crippen LogP contribution in [0.4, 0.5) is 11.8 Å². The molecule has 3 heterocycles. The van der Waals surface area contributed by atoms with Crippen molar-refractivity contribution in [2.45, 2.75) is 6.92 Å². The van der Waals surface area contributed by atoms with Crippen molar-refractivity contribution >= 4 is 35.0 Å². The van der Waals surface area contributed by atoms with Crippen LogP contribution >= 0.6 is 23.2 Å². The predicted molar refractivity (Wildman–Crippen MR) is 115 cm³/mol. The van der Waals surface area contributed by atoms with Gasteiger partial charge in [0.15, 0.2) is 5.82 Å². The highest BCUT2D eigenvalue weighted by Gasteiger charge is 2.12. The number of benzene rings is 1. The van der Waals surface area contributed by atoms with Gasteiger partial charge in [-0.3, -0.25) is 10.4 Å². The number of halogens is 2. The molecule has 7 nitrogen and oxygen atoms in total. The minimum absolute atomic E-state index is 0.437. The monoisotopic (exact) mass is 424 g/mol. The van der Waals surface area contributed by atoms with E-state index in [1.54, 1.807) is 48.1 Å². The molecule has 0 unspecified atom stereocenters. The molecule has 9 heteroatoms. The molecule has 0 spiro atoms. The minimum Gasteiger partial charge on any atom is -0.345 e. The molecule has 29 heavy (non-hydrogen) atoms. The van der Waals surface area contributed by atoms with Gasteiger partial charge in [0.2, 0.25) is 5.95 Å². The lowest BCUT2D eigenvalue weighted by Crippen LogP contribution is -2.31. The Morgan fingerprint density at radius 1 is 1.07 bits per heavy atom. The average molecular weight is 425 g/mol. The van der Waals surface area contributed by atoms with E-state index in [0.717, 1.165) is 16.7 Å². The van der Waals surface area contributed by atoms with Crippen LogP contribution in [0.25, 0.3) is 22.5 Å². The molecule has 1 aromatic carbocycles. The van der Waals surface area contributed by atoms with Crippen molar-refractivity contribution in [1.29, 1.82) is 0 Å². The van der Waals surface area contributed by atoms with Crippen molar-refractivity contribution in [3.8, 4) is 22.5 Å². The lowest BCUT2D eigenvalue weighted by molar-refractivity contribution is 0.897. The number of hydrazine groups is 1. The molecule has 3 aromatic heterocycles. The highest BCUT2D eigenvalue weighted by Crippen LogP contribution is 2.31. The van der Waals surface area contributed by atoms with E-state index < -0.39 is 0 Å². The molecule has 0 bridgehead atoms. The number of pyridine rings is 1. The summed E-state index contributed by atoms with van der Waals surface area (Å²) < 4.78 is 0. The van der Waals surface area contributed by atoms with Crippen molar-refractivity contribution in [3.05, 3.63) is 71.4 Å². The second kappa shape index (κ2) is 8.46. The molecule has 0 aliphatic rings. The smallest absolute Gasteiger partial charge is 0.241 e. The number of rotatable bonds is 6. The van der Waals surface area contributed by atoms with E-state index in [4.69, 9.17) is 23.2 Å². The van der Waals surface area contributed by atoms with E-state index in [9.17, 15) is 0 Å². The fourth-order valence-corrected chi connectivity index (χ4v) is 3.22. The zero-order valence-electron chi connectivity index (χ0n) is 15.4. The van der Waals surface area contributed by atoms with E-state index >= 15 is 0 Å². The Kier molecular flexibility index (Phi) is 5.59. The molecule has 2 N–H and O–H groups in total. The fourth-order valence-electron chi connectivity index (χ4n) is 2.71. The number of imidazole rings is 1. The molecule has 1 radical (unpaired) electrons. The molecule has 0 aliphatic heterocycles. The molecule has 4 rings (SSSR count). The van der Waals surface area contributed by atoms with E-state index in [2.05, 4.69) is 36.4 Å². The number of nitrogens with zero attached hydrogens (tertiary/aromatic N) is 5. The largest absolute Gasteiger partial charge is 0.345 e. The summed E-state index contributed by atoms with van der Waals surface area (Å²) in [4.78, 5) is 20.3. The number of hydrogen-bond donors (Lipinski definition) is 2. The number of hydrogen-bond acceptors (Lipinski definition) is 6. The van der Waals surface area contributed by atoms with Crippen LogP contribution < -0.4 is 10.4 Å². The number of aromatic amines is 1. The number of nitrogens with one attached hydrogen (secondary N) is 2. The van der Waals surface area contributed by atoms with Crippen LogP contribution in [-0.4, -0.2) is 31.5 Å². The first-order valence-electron chi connectivity index (χ1n) is 8.84. The standard InChI is InChI=1S/C20H16Cl2N7/c1-2-29(28-20-26-11-14(12-27-20)19-24-7-8-25-19)18-9-13(5-6-23-18)16-4-3-15(21)10-17(16)22/h3-8,10-12H,2H2,1H3,(H,24,25)(H,26,27,28). The zero-order valence-corrected chi connectivity index (χ0v) is 16.9. The Labute approximate surface area is 177 Å². The van der Waals surface area contributed by atoms with Gasteiger partial charge in [-0.2, -0.15) is 0 Å². The first kappa shape index (κ1) is 19.2. The molecular weight excluding hydrogens is 409 g/mol. The summed E-state index contributed by atoms with van der Waals surface area (Å²) in [6.45, 7) is 2.60. The summed E-state index contributed by atoms with van der Waals surface area (Å²) in [5.74, 6) is 1.74. The molecule has 0 amide bonds. The van der Waals surface area contributed by atoms with Gasteiger partial charge in [0, 0.05) is 59.2 Å². The second-order valence-electron chi connectivity index (χ2n) is 6.02. The molecule has 0 saturated carbocycles. The second-order valence-corrected chi connectivity index (χ2v) is 6.86. The maximum absolute atomic E-state index is 6.33. The van der Waals surface area contributed by atoms with Crippen molar-refractivity contribution < 1.29 is 0 Å². The van der Waals surface area contributed by atoms with Crippen molar-refractivity contribution in [2.24, 2.45) is 0 Å². The normalized spacial score (nSPS) is 10.7. The maximum atomic E-state index is 6.33. The van der Waals surface area contributed by atoms with Gasteiger partial charge < -0.3 is 4.98 Å². The summed E-state index contributed by atoms with van der Waals surface area (Å²) in [6, 6.07) is 10.5. The Bertz CT molecular complexity index is 1100. The first-order chi connectivity index (χ1) is 14.1. The number of anilines is 2. The third-order valence-corrected chi connectivity index (χ3v) is 4.68. The summed E-state index contributed by atoms with van der Waals surface area (Å²) in [5.41, 5.74) is 5.59. The molecule has 145 valence electrons. The minimum atomic E-state index is 0.437. The predicted octanol–water partition coefficient (Wildman–Crippen LogP) is 4.89. The Hall–Kier alpha value is -3.16. The molecule has 0 fully saturated rings. The van der Waals surface area contributed by atoms with Crippen LogP contribution in [-0.2, 0) is 0 Å².